The third-order valence-electron chi connectivity index (χ3n) is 6.55. The predicted octanol–water partition coefficient (Wildman–Crippen LogP) is 1.91. The maximum Gasteiger partial charge on any atom is 0.320 e. The molecule has 0 bridgehead atoms. The van der Waals surface area contributed by atoms with Crippen LogP contribution in [0.25, 0.3) is 0 Å². The molecule has 0 aromatic heterocycles. The number of nitrogen functional groups attached to an aromatic ring is 1. The molecule has 9 nitrogen and oxygen atoms in total. The van der Waals surface area contributed by atoms with Gasteiger partial charge in [0.25, 0.3) is 0 Å². The summed E-state index contributed by atoms with van der Waals surface area (Å²) < 4.78 is 5.13. The van der Waals surface area contributed by atoms with Crippen LogP contribution in [0.5, 0.6) is 0 Å². The summed E-state index contributed by atoms with van der Waals surface area (Å²) in [6.45, 7) is 8.14. The fourth-order valence-electron chi connectivity index (χ4n) is 4.90. The quantitative estimate of drug-likeness (QED) is 0.224. The van der Waals surface area contributed by atoms with Crippen molar-refractivity contribution < 1.29 is 9.53 Å². The lowest BCUT2D eigenvalue weighted by molar-refractivity contribution is -0.145. The van der Waals surface area contributed by atoms with Crippen LogP contribution in [-0.2, 0) is 9.53 Å². The molecule has 0 aliphatic carbocycles. The standard InChI is InChI=1S/C23H37N7O2.2ClH/c1-2-32-22(31)16-28-10-9-20(18(15-28)5-8-21(24)25)30-13-11-29(12-14-30)19-6-3-17(4-7-19)23(26)27;;/h3-4,6-7,18,20H,2,5,8-16H2,1H3,(H3,24,25)(H3,26,27);2*1H. The molecule has 192 valence electrons. The number of carbonyl (C=O) groups is 1. The number of anilines is 1. The van der Waals surface area contributed by atoms with Gasteiger partial charge in [-0.2, -0.15) is 0 Å². The Balaban J connectivity index is 0.00000289. The van der Waals surface area contributed by atoms with Crippen molar-refractivity contribution in [2.24, 2.45) is 17.4 Å². The molecule has 2 aliphatic heterocycles. The zero-order chi connectivity index (χ0) is 23.1. The van der Waals surface area contributed by atoms with Crippen LogP contribution in [0.1, 0.15) is 31.7 Å². The van der Waals surface area contributed by atoms with Gasteiger partial charge in [-0.3, -0.25) is 25.4 Å². The fraction of sp³-hybridized carbons (Fsp3) is 0.609. The number of nitrogens with two attached hydrogens (primary N) is 2. The zero-order valence-electron chi connectivity index (χ0n) is 19.9. The Labute approximate surface area is 215 Å². The van der Waals surface area contributed by atoms with E-state index in [0.29, 0.717) is 31.5 Å². The van der Waals surface area contributed by atoms with E-state index in [-0.39, 0.29) is 42.5 Å². The number of piperazine rings is 1. The molecular weight excluding hydrogens is 477 g/mol. The van der Waals surface area contributed by atoms with Crippen molar-refractivity contribution >= 4 is 48.1 Å². The number of hydrogen-bond donors (Lipinski definition) is 4. The van der Waals surface area contributed by atoms with Crippen molar-refractivity contribution in [2.75, 3.05) is 57.3 Å². The predicted molar refractivity (Wildman–Crippen MR) is 142 cm³/mol. The summed E-state index contributed by atoms with van der Waals surface area (Å²) >= 11 is 0. The van der Waals surface area contributed by atoms with Crippen LogP contribution < -0.4 is 16.4 Å². The van der Waals surface area contributed by atoms with Crippen LogP contribution in [0, 0.1) is 16.7 Å². The molecule has 6 N–H and O–H groups in total. The maximum atomic E-state index is 11.9. The first-order valence-electron chi connectivity index (χ1n) is 11.5. The Hall–Kier alpha value is -2.07. The van der Waals surface area contributed by atoms with Gasteiger partial charge in [0.2, 0.25) is 0 Å². The number of amidine groups is 2. The lowest BCUT2D eigenvalue weighted by Crippen LogP contribution is -2.57. The van der Waals surface area contributed by atoms with Crippen molar-refractivity contribution in [3.63, 3.8) is 0 Å². The summed E-state index contributed by atoms with van der Waals surface area (Å²) in [5.41, 5.74) is 13.1. The topological polar surface area (TPSA) is 136 Å². The normalized spacial score (nSPS) is 21.1. The van der Waals surface area contributed by atoms with Crippen molar-refractivity contribution in [3.8, 4) is 0 Å². The second-order valence-electron chi connectivity index (χ2n) is 8.70. The van der Waals surface area contributed by atoms with Gasteiger partial charge in [-0.1, -0.05) is 0 Å². The molecule has 2 saturated heterocycles. The molecule has 1 aromatic rings. The van der Waals surface area contributed by atoms with Crippen LogP contribution in [-0.4, -0.2) is 85.9 Å². The molecule has 2 heterocycles. The van der Waals surface area contributed by atoms with Crippen LogP contribution in [0.15, 0.2) is 24.3 Å². The number of ether oxygens (including phenoxy) is 1. The Kier molecular flexibility index (Phi) is 12.7. The monoisotopic (exact) mass is 515 g/mol. The summed E-state index contributed by atoms with van der Waals surface area (Å²) in [7, 11) is 0. The van der Waals surface area contributed by atoms with E-state index in [1.54, 1.807) is 0 Å². The van der Waals surface area contributed by atoms with Gasteiger partial charge in [-0.15, -0.1) is 24.8 Å². The number of hydrogen-bond acceptors (Lipinski definition) is 7. The van der Waals surface area contributed by atoms with E-state index in [9.17, 15) is 4.79 Å². The number of likely N-dealkylation sites (tertiary alicyclic amines) is 1. The summed E-state index contributed by atoms with van der Waals surface area (Å²) in [6, 6.07) is 8.32. The van der Waals surface area contributed by atoms with Gasteiger partial charge in [0.15, 0.2) is 0 Å². The molecule has 0 amide bonds. The van der Waals surface area contributed by atoms with Crippen LogP contribution in [0.2, 0.25) is 0 Å². The molecule has 11 heteroatoms. The highest BCUT2D eigenvalue weighted by atomic mass is 35.5. The largest absolute Gasteiger partial charge is 0.465 e. The van der Waals surface area contributed by atoms with Crippen molar-refractivity contribution in [3.05, 3.63) is 29.8 Å². The number of esters is 1. The average molecular weight is 517 g/mol. The molecule has 34 heavy (non-hydrogen) atoms. The summed E-state index contributed by atoms with van der Waals surface area (Å²) in [5.74, 6) is 0.529. The van der Waals surface area contributed by atoms with E-state index in [4.69, 9.17) is 27.0 Å². The van der Waals surface area contributed by atoms with E-state index in [0.717, 1.165) is 63.4 Å². The maximum absolute atomic E-state index is 11.9. The highest BCUT2D eigenvalue weighted by molar-refractivity contribution is 5.95. The van der Waals surface area contributed by atoms with E-state index in [1.807, 2.05) is 31.2 Å². The van der Waals surface area contributed by atoms with Crippen LogP contribution >= 0.6 is 24.8 Å². The molecule has 2 fully saturated rings. The number of nitrogens with zero attached hydrogens (tertiary/aromatic N) is 3. The highest BCUT2D eigenvalue weighted by Crippen LogP contribution is 2.28. The van der Waals surface area contributed by atoms with E-state index in [2.05, 4.69) is 14.7 Å². The van der Waals surface area contributed by atoms with E-state index >= 15 is 0 Å². The van der Waals surface area contributed by atoms with Crippen molar-refractivity contribution in [2.45, 2.75) is 32.2 Å². The first kappa shape index (κ1) is 30.0. The molecule has 2 aliphatic rings. The summed E-state index contributed by atoms with van der Waals surface area (Å²) in [4.78, 5) is 19.1. The Morgan fingerprint density at radius 2 is 1.71 bits per heavy atom. The first-order valence-corrected chi connectivity index (χ1v) is 11.5. The average Bonchev–Trinajstić information content (AvgIpc) is 2.78. The SMILES string of the molecule is CCOC(=O)CN1CCC(N2CCN(c3ccc(C(=N)N)cc3)CC2)C(CCC(=N)N)C1.Cl.Cl. The highest BCUT2D eigenvalue weighted by Gasteiger charge is 2.35. The molecule has 2 atom stereocenters. The van der Waals surface area contributed by atoms with Gasteiger partial charge < -0.3 is 21.1 Å². The van der Waals surface area contributed by atoms with Gasteiger partial charge in [-0.05, 0) is 49.9 Å². The second kappa shape index (κ2) is 14.4. The molecule has 0 spiro atoms. The lowest BCUT2D eigenvalue weighted by atomic mass is 9.86. The minimum atomic E-state index is -0.166. The molecule has 2 unspecified atom stereocenters. The zero-order valence-corrected chi connectivity index (χ0v) is 21.5. The van der Waals surface area contributed by atoms with Crippen molar-refractivity contribution in [1.82, 2.24) is 9.80 Å². The Morgan fingerprint density at radius 1 is 1.06 bits per heavy atom. The summed E-state index contributed by atoms with van der Waals surface area (Å²) in [5, 5.41) is 15.2. The number of carbonyl (C=O) groups excluding carboxylic acids is 1. The molecular formula is C23H39Cl2N7O2. The van der Waals surface area contributed by atoms with Crippen LogP contribution in [0.4, 0.5) is 5.69 Å². The third-order valence-corrected chi connectivity index (χ3v) is 6.55. The van der Waals surface area contributed by atoms with Gasteiger partial charge in [0.1, 0.15) is 5.84 Å². The number of nitrogens with one attached hydrogen (secondary N) is 2. The van der Waals surface area contributed by atoms with Gasteiger partial charge >= 0.3 is 5.97 Å². The minimum absolute atomic E-state index is 0. The molecule has 3 rings (SSSR count). The minimum Gasteiger partial charge on any atom is -0.465 e. The van der Waals surface area contributed by atoms with E-state index in [1.165, 1.54) is 0 Å². The Bertz CT molecular complexity index is 801. The van der Waals surface area contributed by atoms with Gasteiger partial charge in [0.05, 0.1) is 19.0 Å². The molecule has 0 radical (unpaired) electrons. The lowest BCUT2D eigenvalue weighted by Gasteiger charge is -2.47. The molecule has 0 saturated carbocycles. The second-order valence-corrected chi connectivity index (χ2v) is 8.70. The number of rotatable bonds is 9. The smallest absolute Gasteiger partial charge is 0.320 e. The Morgan fingerprint density at radius 3 is 2.26 bits per heavy atom. The first-order chi connectivity index (χ1) is 15.4. The van der Waals surface area contributed by atoms with E-state index < -0.39 is 0 Å². The van der Waals surface area contributed by atoms with Gasteiger partial charge in [-0.25, -0.2) is 0 Å². The summed E-state index contributed by atoms with van der Waals surface area (Å²) in [6.07, 6.45) is 2.47. The number of benzene rings is 1. The molecule has 1 aromatic carbocycles. The number of piperidine rings is 1. The third kappa shape index (κ3) is 8.30. The number of halogens is 2. The van der Waals surface area contributed by atoms with Crippen LogP contribution in [0.3, 0.4) is 0 Å². The van der Waals surface area contributed by atoms with Crippen molar-refractivity contribution in [1.29, 1.82) is 10.8 Å². The van der Waals surface area contributed by atoms with Gasteiger partial charge in [0, 0.05) is 63.0 Å². The fourth-order valence-corrected chi connectivity index (χ4v) is 4.90.